The zero-order chi connectivity index (χ0) is 20.9. The summed E-state index contributed by atoms with van der Waals surface area (Å²) in [5.41, 5.74) is 3.85. The lowest BCUT2D eigenvalue weighted by atomic mass is 10.0. The number of ether oxygens (including phenoxy) is 1. The first kappa shape index (κ1) is 22.4. The van der Waals surface area contributed by atoms with E-state index in [0.29, 0.717) is 19.7 Å². The minimum atomic E-state index is -3.55. The number of nitrogens with zero attached hydrogens (tertiary/aromatic N) is 1. The van der Waals surface area contributed by atoms with E-state index >= 15 is 0 Å². The summed E-state index contributed by atoms with van der Waals surface area (Å²) in [4.78, 5) is 25.9. The van der Waals surface area contributed by atoms with E-state index in [1.165, 1.54) is 4.90 Å². The van der Waals surface area contributed by atoms with Crippen molar-refractivity contribution in [3.63, 3.8) is 0 Å². The van der Waals surface area contributed by atoms with Crippen LogP contribution in [-0.4, -0.2) is 62.4 Å². The summed E-state index contributed by atoms with van der Waals surface area (Å²) in [5.74, 6) is -1.32. The first-order chi connectivity index (χ1) is 13.1. The summed E-state index contributed by atoms with van der Waals surface area (Å²) >= 11 is 0. The highest BCUT2D eigenvalue weighted by atomic mass is 32.2. The molecule has 156 valence electrons. The zero-order valence-corrected chi connectivity index (χ0v) is 17.9. The number of carbonyl (C=O) groups is 2. The molecule has 0 spiro atoms. The Morgan fingerprint density at radius 2 is 1.86 bits per heavy atom. The maximum atomic E-state index is 12.2. The lowest BCUT2D eigenvalue weighted by Gasteiger charge is -2.31. The van der Waals surface area contributed by atoms with E-state index in [2.05, 4.69) is 5.32 Å². The minimum absolute atomic E-state index is 0.0854. The fourth-order valence-electron chi connectivity index (χ4n) is 3.43. The van der Waals surface area contributed by atoms with Gasteiger partial charge >= 0.3 is 0 Å². The van der Waals surface area contributed by atoms with Crippen LogP contribution in [0.5, 0.6) is 0 Å². The second kappa shape index (κ2) is 9.52. The molecule has 0 radical (unpaired) electrons. The monoisotopic (exact) mass is 410 g/mol. The first-order valence-corrected chi connectivity index (χ1v) is 11.4. The number of nitrogens with one attached hydrogen (secondary N) is 1. The average Bonchev–Trinajstić information content (AvgIpc) is 2.57. The van der Waals surface area contributed by atoms with Crippen LogP contribution in [0.2, 0.25) is 0 Å². The van der Waals surface area contributed by atoms with Crippen molar-refractivity contribution in [3.05, 3.63) is 28.8 Å². The van der Waals surface area contributed by atoms with Gasteiger partial charge in [0.05, 0.1) is 18.5 Å². The van der Waals surface area contributed by atoms with Gasteiger partial charge in [0.1, 0.15) is 5.75 Å². The maximum absolute atomic E-state index is 12.2. The summed E-state index contributed by atoms with van der Waals surface area (Å²) < 4.78 is 29.8. The molecule has 1 N–H and O–H groups in total. The number of sulfone groups is 1. The molecule has 1 aromatic rings. The van der Waals surface area contributed by atoms with E-state index in [1.54, 1.807) is 0 Å². The van der Waals surface area contributed by atoms with Gasteiger partial charge < -0.3 is 15.0 Å². The third-order valence-corrected chi connectivity index (χ3v) is 6.34. The molecule has 2 amide bonds. The second-order valence-corrected chi connectivity index (χ2v) is 9.72. The van der Waals surface area contributed by atoms with Crippen molar-refractivity contribution in [1.29, 1.82) is 0 Å². The Morgan fingerprint density at radius 3 is 2.46 bits per heavy atom. The molecular formula is C20H30N2O5S. The Morgan fingerprint density at radius 1 is 1.21 bits per heavy atom. The van der Waals surface area contributed by atoms with Crippen molar-refractivity contribution in [2.24, 2.45) is 0 Å². The van der Waals surface area contributed by atoms with Crippen LogP contribution in [0.25, 0.3) is 0 Å². The molecule has 1 atom stereocenters. The topological polar surface area (TPSA) is 92.8 Å². The molecule has 8 heteroatoms. The van der Waals surface area contributed by atoms with Gasteiger partial charge in [-0.1, -0.05) is 17.7 Å². The van der Waals surface area contributed by atoms with Crippen molar-refractivity contribution < 1.29 is 22.7 Å². The number of carbonyl (C=O) groups excluding carboxylic acids is 2. The van der Waals surface area contributed by atoms with Gasteiger partial charge in [-0.3, -0.25) is 9.59 Å². The summed E-state index contributed by atoms with van der Waals surface area (Å²) in [7, 11) is -3.55. The fourth-order valence-corrected chi connectivity index (χ4v) is 4.72. The summed E-state index contributed by atoms with van der Waals surface area (Å²) in [6.07, 6.45) is 0.192. The van der Waals surface area contributed by atoms with Gasteiger partial charge in [0, 0.05) is 25.2 Å². The molecule has 0 aromatic heterocycles. The van der Waals surface area contributed by atoms with Gasteiger partial charge in [-0.2, -0.15) is 0 Å². The Balaban J connectivity index is 1.81. The van der Waals surface area contributed by atoms with Crippen molar-refractivity contribution in [3.8, 4) is 0 Å². The van der Waals surface area contributed by atoms with E-state index in [0.717, 1.165) is 22.4 Å². The lowest BCUT2D eigenvalue weighted by molar-refractivity contribution is -0.135. The second-order valence-electron chi connectivity index (χ2n) is 7.54. The Kier molecular flexibility index (Phi) is 7.60. The normalized spacial score (nSPS) is 17.4. The third-order valence-electron chi connectivity index (χ3n) is 4.74. The van der Waals surface area contributed by atoms with Gasteiger partial charge in [0.25, 0.3) is 0 Å². The standard InChI is InChI=1S/C20H30N2O5S/c1-14-10-15(2)20(16(3)11-14)21-18(23)6-5-9-28(25,26)13-19(24)22-7-8-27-17(4)12-22/h10-11,17H,5-9,12-13H2,1-4H3,(H,21,23). The predicted molar refractivity (Wildman–Crippen MR) is 109 cm³/mol. The highest BCUT2D eigenvalue weighted by Crippen LogP contribution is 2.22. The van der Waals surface area contributed by atoms with Crippen LogP contribution >= 0.6 is 0 Å². The van der Waals surface area contributed by atoms with Crippen molar-refractivity contribution >= 4 is 27.3 Å². The summed E-state index contributed by atoms with van der Waals surface area (Å²) in [6.45, 7) is 8.95. The lowest BCUT2D eigenvalue weighted by Crippen LogP contribution is -2.46. The van der Waals surface area contributed by atoms with Gasteiger partial charge in [-0.05, 0) is 45.2 Å². The van der Waals surface area contributed by atoms with Crippen molar-refractivity contribution in [1.82, 2.24) is 4.90 Å². The SMILES string of the molecule is Cc1cc(C)c(NC(=O)CCCS(=O)(=O)CC(=O)N2CCOC(C)C2)c(C)c1. The van der Waals surface area contributed by atoms with E-state index in [4.69, 9.17) is 4.74 Å². The maximum Gasteiger partial charge on any atom is 0.237 e. The highest BCUT2D eigenvalue weighted by molar-refractivity contribution is 7.92. The fraction of sp³-hybridized carbons (Fsp3) is 0.600. The van der Waals surface area contributed by atoms with Crippen LogP contribution in [0.4, 0.5) is 5.69 Å². The number of hydrogen-bond donors (Lipinski definition) is 1. The zero-order valence-electron chi connectivity index (χ0n) is 17.1. The molecule has 0 bridgehead atoms. The number of aryl methyl sites for hydroxylation is 3. The molecule has 0 aliphatic carbocycles. The molecule has 7 nitrogen and oxygen atoms in total. The Bertz CT molecular complexity index is 812. The molecular weight excluding hydrogens is 380 g/mol. The molecule has 1 aromatic carbocycles. The molecule has 1 aliphatic rings. The van der Waals surface area contributed by atoms with Gasteiger partial charge in [-0.15, -0.1) is 0 Å². The average molecular weight is 411 g/mol. The number of hydrogen-bond acceptors (Lipinski definition) is 5. The van der Waals surface area contributed by atoms with Gasteiger partial charge in [0.15, 0.2) is 9.84 Å². The van der Waals surface area contributed by atoms with Crippen LogP contribution in [0.15, 0.2) is 12.1 Å². The molecule has 2 rings (SSSR count). The molecule has 28 heavy (non-hydrogen) atoms. The van der Waals surface area contributed by atoms with Crippen molar-refractivity contribution in [2.75, 3.05) is 36.5 Å². The van der Waals surface area contributed by atoms with Crippen LogP contribution in [-0.2, 0) is 24.2 Å². The predicted octanol–water partition coefficient (Wildman–Crippen LogP) is 1.99. The van der Waals surface area contributed by atoms with Gasteiger partial charge in [-0.25, -0.2) is 8.42 Å². The smallest absolute Gasteiger partial charge is 0.237 e. The summed E-state index contributed by atoms with van der Waals surface area (Å²) in [5, 5.41) is 2.87. The molecule has 0 saturated carbocycles. The van der Waals surface area contributed by atoms with E-state index in [-0.39, 0.29) is 30.6 Å². The molecule has 1 unspecified atom stereocenters. The highest BCUT2D eigenvalue weighted by Gasteiger charge is 2.25. The number of anilines is 1. The number of amides is 2. The first-order valence-electron chi connectivity index (χ1n) is 9.55. The Labute approximate surface area is 167 Å². The van der Waals surface area contributed by atoms with E-state index in [1.807, 2.05) is 39.8 Å². The van der Waals surface area contributed by atoms with Crippen LogP contribution in [0.3, 0.4) is 0 Å². The molecule has 1 aliphatic heterocycles. The van der Waals surface area contributed by atoms with Gasteiger partial charge in [0.2, 0.25) is 11.8 Å². The van der Waals surface area contributed by atoms with Crippen LogP contribution in [0, 0.1) is 20.8 Å². The molecule has 1 saturated heterocycles. The number of morpholine rings is 1. The quantitative estimate of drug-likeness (QED) is 0.742. The third kappa shape index (κ3) is 6.60. The minimum Gasteiger partial charge on any atom is -0.375 e. The van der Waals surface area contributed by atoms with E-state index < -0.39 is 21.5 Å². The largest absolute Gasteiger partial charge is 0.375 e. The Hall–Kier alpha value is -1.93. The molecule has 1 heterocycles. The van der Waals surface area contributed by atoms with Crippen molar-refractivity contribution in [2.45, 2.75) is 46.6 Å². The number of benzene rings is 1. The summed E-state index contributed by atoms with van der Waals surface area (Å²) in [6, 6.07) is 3.98. The van der Waals surface area contributed by atoms with E-state index in [9.17, 15) is 18.0 Å². The molecule has 1 fully saturated rings. The van der Waals surface area contributed by atoms with Crippen LogP contribution < -0.4 is 5.32 Å². The number of rotatable bonds is 7. The van der Waals surface area contributed by atoms with Crippen LogP contribution in [0.1, 0.15) is 36.5 Å².